The molecule has 178 valence electrons. The first kappa shape index (κ1) is 24.0. The van der Waals surface area contributed by atoms with E-state index in [0.29, 0.717) is 18.2 Å². The van der Waals surface area contributed by atoms with Gasteiger partial charge in [-0.2, -0.15) is 0 Å². The van der Waals surface area contributed by atoms with Gasteiger partial charge in [0.1, 0.15) is 17.2 Å². The van der Waals surface area contributed by atoms with Crippen molar-refractivity contribution in [3.8, 4) is 11.1 Å². The lowest BCUT2D eigenvalue weighted by Gasteiger charge is -2.25. The molecule has 0 aliphatic carbocycles. The van der Waals surface area contributed by atoms with Crippen molar-refractivity contribution in [2.75, 3.05) is 6.54 Å². The third-order valence-electron chi connectivity index (χ3n) is 5.25. The number of carbonyl (C=O) groups is 3. The lowest BCUT2D eigenvalue weighted by molar-refractivity contribution is -0.137. The van der Waals surface area contributed by atoms with Gasteiger partial charge in [0.05, 0.1) is 11.4 Å². The number of carbonyl (C=O) groups excluding carboxylic acids is 3. The Morgan fingerprint density at radius 3 is 2.23 bits per heavy atom. The van der Waals surface area contributed by atoms with Crippen molar-refractivity contribution in [1.29, 1.82) is 0 Å². The van der Waals surface area contributed by atoms with Gasteiger partial charge in [0.2, 0.25) is 11.6 Å². The van der Waals surface area contributed by atoms with E-state index in [9.17, 15) is 31.6 Å². The molecular weight excluding hydrogens is 478 g/mol. The summed E-state index contributed by atoms with van der Waals surface area (Å²) in [5.41, 5.74) is 1.92. The highest BCUT2D eigenvalue weighted by Crippen LogP contribution is 2.25. The normalized spacial score (nSPS) is 14.0. The molecule has 0 saturated carbocycles. The molecule has 35 heavy (non-hydrogen) atoms. The molecule has 3 aromatic rings. The van der Waals surface area contributed by atoms with Crippen LogP contribution in [0.25, 0.3) is 11.1 Å². The van der Waals surface area contributed by atoms with Gasteiger partial charge < -0.3 is 4.90 Å². The van der Waals surface area contributed by atoms with Crippen molar-refractivity contribution >= 4 is 27.5 Å². The molecule has 1 N–H and O–H groups in total. The highest BCUT2D eigenvalue weighted by atomic mass is 32.2. The van der Waals surface area contributed by atoms with Gasteiger partial charge in [0, 0.05) is 18.8 Å². The van der Waals surface area contributed by atoms with E-state index >= 15 is 0 Å². The zero-order chi connectivity index (χ0) is 25.2. The zero-order valence-corrected chi connectivity index (χ0v) is 18.9. The van der Waals surface area contributed by atoms with Crippen molar-refractivity contribution < 1.29 is 31.6 Å². The van der Waals surface area contributed by atoms with Gasteiger partial charge in [-0.25, -0.2) is 21.9 Å². The monoisotopic (exact) mass is 496 g/mol. The number of benzene rings is 3. The van der Waals surface area contributed by atoms with Crippen LogP contribution >= 0.6 is 0 Å². The minimum absolute atomic E-state index is 0.155. The van der Waals surface area contributed by atoms with Crippen LogP contribution in [0.2, 0.25) is 0 Å². The predicted octanol–water partition coefficient (Wildman–Crippen LogP) is 2.97. The number of ketones is 2. The molecule has 0 bridgehead atoms. The molecule has 1 aliphatic heterocycles. The van der Waals surface area contributed by atoms with E-state index in [1.165, 1.54) is 4.90 Å². The summed E-state index contributed by atoms with van der Waals surface area (Å²) in [4.78, 5) is 37.9. The summed E-state index contributed by atoms with van der Waals surface area (Å²) in [6, 6.07) is 18.4. The van der Waals surface area contributed by atoms with Crippen molar-refractivity contribution in [1.82, 2.24) is 9.62 Å². The summed E-state index contributed by atoms with van der Waals surface area (Å²) in [5.74, 6) is -5.76. The third kappa shape index (κ3) is 5.33. The van der Waals surface area contributed by atoms with Crippen LogP contribution in [-0.2, 0) is 31.0 Å². The molecule has 1 heterocycles. The number of Topliss-reactive ketones (excluding diaryl/α,β-unsaturated/α-hetero) is 2. The van der Waals surface area contributed by atoms with Gasteiger partial charge in [-0.3, -0.25) is 14.4 Å². The number of hydrogen-bond donors (Lipinski definition) is 1. The van der Waals surface area contributed by atoms with Crippen molar-refractivity contribution in [2.45, 2.75) is 11.4 Å². The molecule has 0 aromatic heterocycles. The molecule has 0 radical (unpaired) electrons. The second-order valence-corrected chi connectivity index (χ2v) is 9.45. The molecule has 10 heteroatoms. The maximum atomic E-state index is 13.4. The van der Waals surface area contributed by atoms with Crippen LogP contribution in [0.1, 0.15) is 5.56 Å². The second kappa shape index (κ2) is 9.59. The minimum Gasteiger partial charge on any atom is -0.364 e. The van der Waals surface area contributed by atoms with Crippen LogP contribution in [0.4, 0.5) is 8.78 Å². The lowest BCUT2D eigenvalue weighted by atomic mass is 9.98. The van der Waals surface area contributed by atoms with Crippen LogP contribution in [-0.4, -0.2) is 37.3 Å². The number of sulfonamides is 1. The molecule has 0 saturated heterocycles. The van der Waals surface area contributed by atoms with Gasteiger partial charge >= 0.3 is 0 Å². The van der Waals surface area contributed by atoms with Crippen molar-refractivity contribution in [3.63, 3.8) is 0 Å². The van der Waals surface area contributed by atoms with Gasteiger partial charge in [0.25, 0.3) is 15.9 Å². The highest BCUT2D eigenvalue weighted by molar-refractivity contribution is 7.90. The summed E-state index contributed by atoms with van der Waals surface area (Å²) < 4.78 is 53.4. The van der Waals surface area contributed by atoms with E-state index in [0.717, 1.165) is 22.9 Å². The average Bonchev–Trinajstić information content (AvgIpc) is 2.81. The van der Waals surface area contributed by atoms with Crippen LogP contribution in [0.15, 0.2) is 89.5 Å². The van der Waals surface area contributed by atoms with Crippen molar-refractivity contribution in [2.24, 2.45) is 0 Å². The summed E-state index contributed by atoms with van der Waals surface area (Å²) in [6.45, 7) is -0.149. The molecule has 0 atom stereocenters. The fraction of sp³-hybridized carbons (Fsp3) is 0.0800. The van der Waals surface area contributed by atoms with Gasteiger partial charge in [-0.15, -0.1) is 0 Å². The SMILES string of the molecule is O=C1CN(Cc2ccccc2-c2ccccc2)C=C(C(=O)NS(=O)(=O)c2cc(F)cc(F)c2)C1=O. The molecule has 0 fully saturated rings. The standard InChI is InChI=1S/C25H18F2N2O5S/c26-18-10-19(27)12-20(11-18)35(33,34)28-25(32)22-14-29(15-23(30)24(22)31)13-17-8-4-5-9-21(17)16-6-2-1-3-7-16/h1-12,14H,13,15H2,(H,28,32). The van der Waals surface area contributed by atoms with E-state index in [-0.39, 0.29) is 13.1 Å². The molecule has 1 amide bonds. The Balaban J connectivity index is 1.61. The number of nitrogens with one attached hydrogen (secondary N) is 1. The minimum atomic E-state index is -4.72. The molecule has 0 spiro atoms. The van der Waals surface area contributed by atoms with Crippen LogP contribution in [0.3, 0.4) is 0 Å². The molecule has 1 aliphatic rings. The highest BCUT2D eigenvalue weighted by Gasteiger charge is 2.33. The van der Waals surface area contributed by atoms with E-state index in [4.69, 9.17) is 0 Å². The molecule has 7 nitrogen and oxygen atoms in total. The van der Waals surface area contributed by atoms with E-state index in [2.05, 4.69) is 0 Å². The van der Waals surface area contributed by atoms with Gasteiger partial charge in [-0.05, 0) is 28.8 Å². The average molecular weight is 496 g/mol. The van der Waals surface area contributed by atoms with E-state index in [1.807, 2.05) is 48.5 Å². The van der Waals surface area contributed by atoms with Crippen LogP contribution in [0.5, 0.6) is 0 Å². The zero-order valence-electron chi connectivity index (χ0n) is 18.1. The largest absolute Gasteiger partial charge is 0.364 e. The van der Waals surface area contributed by atoms with Crippen LogP contribution < -0.4 is 4.72 Å². The Morgan fingerprint density at radius 1 is 0.914 bits per heavy atom. The molecule has 0 unspecified atom stereocenters. The maximum absolute atomic E-state index is 13.4. The second-order valence-electron chi connectivity index (χ2n) is 7.76. The number of rotatable bonds is 6. The first-order chi connectivity index (χ1) is 16.6. The van der Waals surface area contributed by atoms with Crippen molar-refractivity contribution in [3.05, 3.63) is 102 Å². The third-order valence-corrected chi connectivity index (χ3v) is 6.56. The Morgan fingerprint density at radius 2 is 1.54 bits per heavy atom. The summed E-state index contributed by atoms with van der Waals surface area (Å²) in [7, 11) is -4.72. The fourth-order valence-corrected chi connectivity index (χ4v) is 4.66. The summed E-state index contributed by atoms with van der Waals surface area (Å²) in [6.07, 6.45) is 1.11. The number of hydrogen-bond acceptors (Lipinski definition) is 6. The lowest BCUT2D eigenvalue weighted by Crippen LogP contribution is -2.42. The van der Waals surface area contributed by atoms with E-state index in [1.54, 1.807) is 10.8 Å². The van der Waals surface area contributed by atoms with Crippen LogP contribution in [0, 0.1) is 11.6 Å². The molecular formula is C25H18F2N2O5S. The Bertz CT molecular complexity index is 1450. The Kier molecular flexibility index (Phi) is 6.57. The number of halogens is 2. The predicted molar refractivity (Wildman–Crippen MR) is 122 cm³/mol. The molecule has 3 aromatic carbocycles. The Labute approximate surface area is 199 Å². The first-order valence-corrected chi connectivity index (χ1v) is 11.8. The Hall–Kier alpha value is -4.18. The fourth-order valence-electron chi connectivity index (χ4n) is 3.65. The van der Waals surface area contributed by atoms with Gasteiger partial charge in [0.15, 0.2) is 0 Å². The summed E-state index contributed by atoms with van der Waals surface area (Å²) in [5, 5.41) is 0. The summed E-state index contributed by atoms with van der Waals surface area (Å²) >= 11 is 0. The topological polar surface area (TPSA) is 101 Å². The first-order valence-electron chi connectivity index (χ1n) is 10.3. The van der Waals surface area contributed by atoms with E-state index < -0.39 is 49.6 Å². The maximum Gasteiger partial charge on any atom is 0.270 e. The number of amides is 1. The quantitative estimate of drug-likeness (QED) is 0.416. The smallest absolute Gasteiger partial charge is 0.270 e. The molecule has 4 rings (SSSR count). The van der Waals surface area contributed by atoms with Gasteiger partial charge in [-0.1, -0.05) is 54.6 Å². The number of nitrogens with zero attached hydrogens (tertiary/aromatic N) is 1.